The molecule has 3 rings (SSSR count). The van der Waals surface area contributed by atoms with Gasteiger partial charge in [0.15, 0.2) is 5.58 Å². The summed E-state index contributed by atoms with van der Waals surface area (Å²) in [5.41, 5.74) is 5.44. The minimum absolute atomic E-state index is 0.109. The summed E-state index contributed by atoms with van der Waals surface area (Å²) < 4.78 is 5.37. The molecule has 0 aliphatic heterocycles. The molecule has 124 valence electrons. The number of rotatable bonds is 4. The number of carbonyl (C=O) groups is 1. The molecule has 5 nitrogen and oxygen atoms in total. The van der Waals surface area contributed by atoms with Gasteiger partial charge in [0.25, 0.3) is 0 Å². The van der Waals surface area contributed by atoms with E-state index in [1.54, 1.807) is 0 Å². The Hall–Kier alpha value is -2.82. The zero-order valence-corrected chi connectivity index (χ0v) is 14.4. The van der Waals surface area contributed by atoms with Gasteiger partial charge >= 0.3 is 0 Å². The van der Waals surface area contributed by atoms with Crippen molar-refractivity contribution >= 4 is 28.3 Å². The summed E-state index contributed by atoms with van der Waals surface area (Å²) in [5.74, 6) is -0.109. The summed E-state index contributed by atoms with van der Waals surface area (Å²) in [5, 5.41) is 7.91. The lowest BCUT2D eigenvalue weighted by Gasteiger charge is -2.13. The number of hydrogen-bond acceptors (Lipinski definition) is 4. The zero-order valence-electron chi connectivity index (χ0n) is 14.4. The van der Waals surface area contributed by atoms with Crippen molar-refractivity contribution in [1.29, 1.82) is 0 Å². The molecule has 0 saturated heterocycles. The van der Waals surface area contributed by atoms with E-state index in [1.165, 1.54) is 0 Å². The van der Waals surface area contributed by atoms with E-state index in [1.807, 2.05) is 63.2 Å². The highest BCUT2D eigenvalue weighted by Gasteiger charge is 2.15. The van der Waals surface area contributed by atoms with Crippen LogP contribution in [0.15, 0.2) is 40.9 Å². The molecule has 0 atom stereocenters. The van der Waals surface area contributed by atoms with Gasteiger partial charge < -0.3 is 14.7 Å². The van der Waals surface area contributed by atoms with Gasteiger partial charge in [-0.25, -0.2) is 0 Å². The Morgan fingerprint density at radius 3 is 2.54 bits per heavy atom. The fourth-order valence-corrected chi connectivity index (χ4v) is 2.84. The van der Waals surface area contributed by atoms with Crippen molar-refractivity contribution in [2.24, 2.45) is 0 Å². The van der Waals surface area contributed by atoms with Crippen LogP contribution in [-0.2, 0) is 11.2 Å². The third-order valence-electron chi connectivity index (χ3n) is 3.98. The van der Waals surface area contributed by atoms with Crippen LogP contribution in [0.3, 0.4) is 0 Å². The average Bonchev–Trinajstić information content (AvgIpc) is 2.90. The summed E-state index contributed by atoms with van der Waals surface area (Å²) in [7, 11) is 3.96. The van der Waals surface area contributed by atoms with E-state index >= 15 is 0 Å². The highest BCUT2D eigenvalue weighted by atomic mass is 16.5. The summed E-state index contributed by atoms with van der Waals surface area (Å²) in [6.45, 7) is 4.02. The molecule has 1 aromatic heterocycles. The van der Waals surface area contributed by atoms with Crippen LogP contribution < -0.4 is 10.2 Å². The first-order valence-electron chi connectivity index (χ1n) is 7.87. The molecule has 0 fully saturated rings. The Bertz CT molecular complexity index is 880. The number of nitrogens with one attached hydrogen (secondary N) is 1. The molecule has 2 aromatic carbocycles. The van der Waals surface area contributed by atoms with E-state index in [2.05, 4.69) is 16.5 Å². The highest BCUT2D eigenvalue weighted by Crippen LogP contribution is 2.25. The Labute approximate surface area is 141 Å². The molecular weight excluding hydrogens is 302 g/mol. The molecular formula is C19H21N3O2. The molecule has 1 heterocycles. The molecule has 0 saturated carbocycles. The Morgan fingerprint density at radius 2 is 1.88 bits per heavy atom. The monoisotopic (exact) mass is 323 g/mol. The van der Waals surface area contributed by atoms with Crippen LogP contribution in [0.1, 0.15) is 16.8 Å². The predicted molar refractivity (Wildman–Crippen MR) is 96.6 cm³/mol. The molecule has 1 N–H and O–H groups in total. The maximum Gasteiger partial charge on any atom is 0.230 e. The number of hydrogen-bond donors (Lipinski definition) is 1. The number of benzene rings is 2. The van der Waals surface area contributed by atoms with Gasteiger partial charge in [0.05, 0.1) is 6.42 Å². The predicted octanol–water partition coefficient (Wildman–Crippen LogP) is 3.69. The van der Waals surface area contributed by atoms with E-state index in [0.29, 0.717) is 5.69 Å². The molecule has 24 heavy (non-hydrogen) atoms. The second-order valence-corrected chi connectivity index (χ2v) is 6.25. The van der Waals surface area contributed by atoms with Crippen molar-refractivity contribution in [1.82, 2.24) is 5.16 Å². The third-order valence-corrected chi connectivity index (χ3v) is 3.98. The van der Waals surface area contributed by atoms with Crippen molar-refractivity contribution in [3.05, 3.63) is 53.2 Å². The molecule has 0 radical (unpaired) electrons. The fraction of sp³-hybridized carbons (Fsp3) is 0.263. The number of aryl methyl sites for hydroxylation is 2. The molecule has 3 aromatic rings. The van der Waals surface area contributed by atoms with Crippen molar-refractivity contribution in [2.75, 3.05) is 24.3 Å². The Morgan fingerprint density at radius 1 is 1.17 bits per heavy atom. The second-order valence-electron chi connectivity index (χ2n) is 6.25. The number of carbonyl (C=O) groups excluding carboxylic acids is 1. The zero-order chi connectivity index (χ0) is 17.3. The second kappa shape index (κ2) is 6.35. The topological polar surface area (TPSA) is 58.4 Å². The maximum absolute atomic E-state index is 12.3. The normalized spacial score (nSPS) is 10.8. The summed E-state index contributed by atoms with van der Waals surface area (Å²) in [6.07, 6.45) is 0.187. The number of amides is 1. The number of aromatic nitrogens is 1. The van der Waals surface area contributed by atoms with Crippen LogP contribution in [0, 0.1) is 13.8 Å². The quantitative estimate of drug-likeness (QED) is 0.795. The molecule has 0 bridgehead atoms. The van der Waals surface area contributed by atoms with Crippen molar-refractivity contribution in [2.45, 2.75) is 20.3 Å². The first-order valence-corrected chi connectivity index (χ1v) is 7.87. The lowest BCUT2D eigenvalue weighted by Crippen LogP contribution is -2.15. The molecule has 5 heteroatoms. The minimum atomic E-state index is -0.109. The Kier molecular flexibility index (Phi) is 4.25. The van der Waals surface area contributed by atoms with Crippen LogP contribution >= 0.6 is 0 Å². The van der Waals surface area contributed by atoms with Gasteiger partial charge in [0.2, 0.25) is 5.91 Å². The number of nitrogens with zero attached hydrogens (tertiary/aromatic N) is 2. The minimum Gasteiger partial charge on any atom is -0.378 e. The van der Waals surface area contributed by atoms with Crippen molar-refractivity contribution in [3.8, 4) is 0 Å². The molecule has 0 spiro atoms. The number of anilines is 2. The largest absolute Gasteiger partial charge is 0.378 e. The van der Waals surface area contributed by atoms with Crippen LogP contribution in [0.5, 0.6) is 0 Å². The lowest BCUT2D eigenvalue weighted by molar-refractivity contribution is -0.115. The van der Waals surface area contributed by atoms with Crippen LogP contribution in [-0.4, -0.2) is 25.2 Å². The van der Waals surface area contributed by atoms with Crippen molar-refractivity contribution < 1.29 is 9.32 Å². The van der Waals surface area contributed by atoms with E-state index in [9.17, 15) is 4.79 Å². The average molecular weight is 323 g/mol. The van der Waals surface area contributed by atoms with Gasteiger partial charge in [-0.05, 0) is 55.3 Å². The molecule has 1 amide bonds. The summed E-state index contributed by atoms with van der Waals surface area (Å²) in [4.78, 5) is 14.3. The standard InChI is InChI=1S/C19H21N3O2/c1-12-9-13(2)19-16(21-24-17(19)10-12)11-18(23)20-14-5-7-15(8-6-14)22(3)4/h5-10H,11H2,1-4H3,(H,20,23). The van der Waals surface area contributed by atoms with E-state index < -0.39 is 0 Å². The SMILES string of the molecule is Cc1cc(C)c2c(CC(=O)Nc3ccc(N(C)C)cc3)noc2c1. The molecule has 0 aliphatic rings. The van der Waals surface area contributed by atoms with Crippen LogP contribution in [0.25, 0.3) is 11.0 Å². The summed E-state index contributed by atoms with van der Waals surface area (Å²) >= 11 is 0. The lowest BCUT2D eigenvalue weighted by atomic mass is 10.0. The number of fused-ring (bicyclic) bond motifs is 1. The van der Waals surface area contributed by atoms with Crippen LogP contribution in [0.4, 0.5) is 11.4 Å². The van der Waals surface area contributed by atoms with Gasteiger partial charge in [-0.3, -0.25) is 4.79 Å². The van der Waals surface area contributed by atoms with Gasteiger partial charge in [0.1, 0.15) is 5.69 Å². The van der Waals surface area contributed by atoms with E-state index in [0.717, 1.165) is 33.5 Å². The van der Waals surface area contributed by atoms with E-state index in [-0.39, 0.29) is 12.3 Å². The van der Waals surface area contributed by atoms with Gasteiger partial charge in [0, 0.05) is 30.9 Å². The first-order chi connectivity index (χ1) is 11.4. The third kappa shape index (κ3) is 3.25. The van der Waals surface area contributed by atoms with Crippen molar-refractivity contribution in [3.63, 3.8) is 0 Å². The molecule has 0 aliphatic carbocycles. The Balaban J connectivity index is 1.75. The first kappa shape index (κ1) is 16.1. The maximum atomic E-state index is 12.3. The van der Waals surface area contributed by atoms with E-state index in [4.69, 9.17) is 4.52 Å². The van der Waals surface area contributed by atoms with Gasteiger partial charge in [-0.2, -0.15) is 0 Å². The molecule has 0 unspecified atom stereocenters. The fourth-order valence-electron chi connectivity index (χ4n) is 2.84. The van der Waals surface area contributed by atoms with Gasteiger partial charge in [-0.15, -0.1) is 0 Å². The van der Waals surface area contributed by atoms with Crippen LogP contribution in [0.2, 0.25) is 0 Å². The smallest absolute Gasteiger partial charge is 0.230 e. The highest BCUT2D eigenvalue weighted by molar-refractivity contribution is 5.95. The summed E-state index contributed by atoms with van der Waals surface area (Å²) in [6, 6.07) is 11.7. The van der Waals surface area contributed by atoms with Gasteiger partial charge in [-0.1, -0.05) is 11.2 Å².